The molecule has 2 nitrogen and oxygen atoms in total. The van der Waals surface area contributed by atoms with Crippen molar-refractivity contribution in [1.29, 1.82) is 0 Å². The van der Waals surface area contributed by atoms with E-state index in [9.17, 15) is 0 Å². The van der Waals surface area contributed by atoms with Crippen LogP contribution in [0, 0.1) is 11.3 Å². The summed E-state index contributed by atoms with van der Waals surface area (Å²) in [6.07, 6.45) is 4.10. The van der Waals surface area contributed by atoms with Gasteiger partial charge < -0.3 is 10.1 Å². The Morgan fingerprint density at radius 1 is 1.29 bits per heavy atom. The molecule has 1 aliphatic rings. The summed E-state index contributed by atoms with van der Waals surface area (Å²) >= 11 is 0. The molecule has 1 fully saturated rings. The van der Waals surface area contributed by atoms with Gasteiger partial charge >= 0.3 is 0 Å². The highest BCUT2D eigenvalue weighted by Crippen LogP contribution is 2.48. The number of hydrogen-bond acceptors (Lipinski definition) is 2. The smallest absolute Gasteiger partial charge is 0.123 e. The second kappa shape index (κ2) is 6.83. The first-order chi connectivity index (χ1) is 9.93. The SMILES string of the molecule is CNCC1CCC(C)(C)CC1c1ccccc1OC(C)C. The summed E-state index contributed by atoms with van der Waals surface area (Å²) < 4.78 is 6.07. The number of para-hydroxylation sites is 1. The van der Waals surface area contributed by atoms with E-state index in [1.165, 1.54) is 24.8 Å². The van der Waals surface area contributed by atoms with Crippen LogP contribution < -0.4 is 10.1 Å². The normalized spacial score (nSPS) is 25.0. The van der Waals surface area contributed by atoms with E-state index in [0.29, 0.717) is 17.3 Å². The van der Waals surface area contributed by atoms with Gasteiger partial charge in [-0.25, -0.2) is 0 Å². The van der Waals surface area contributed by atoms with Gasteiger partial charge in [-0.2, -0.15) is 0 Å². The maximum Gasteiger partial charge on any atom is 0.123 e. The summed E-state index contributed by atoms with van der Waals surface area (Å²) in [6, 6.07) is 8.64. The van der Waals surface area contributed by atoms with Crippen molar-refractivity contribution in [3.05, 3.63) is 29.8 Å². The average molecular weight is 289 g/mol. The van der Waals surface area contributed by atoms with Crippen LogP contribution in [0.1, 0.15) is 58.4 Å². The fourth-order valence-electron chi connectivity index (χ4n) is 3.66. The maximum absolute atomic E-state index is 6.07. The van der Waals surface area contributed by atoms with Crippen LogP contribution in [-0.2, 0) is 0 Å². The zero-order valence-electron chi connectivity index (χ0n) is 14.3. The molecule has 118 valence electrons. The van der Waals surface area contributed by atoms with Gasteiger partial charge in [0, 0.05) is 0 Å². The predicted octanol–water partition coefficient (Wildman–Crippen LogP) is 4.60. The van der Waals surface area contributed by atoms with Gasteiger partial charge in [-0.05, 0) is 75.6 Å². The first kappa shape index (κ1) is 16.4. The zero-order valence-corrected chi connectivity index (χ0v) is 14.3. The van der Waals surface area contributed by atoms with Crippen LogP contribution in [0.15, 0.2) is 24.3 Å². The Balaban J connectivity index is 2.31. The lowest BCUT2D eigenvalue weighted by atomic mass is 9.65. The third kappa shape index (κ3) is 4.23. The Labute approximate surface area is 130 Å². The molecule has 2 rings (SSSR count). The van der Waals surface area contributed by atoms with Crippen LogP contribution in [0.5, 0.6) is 5.75 Å². The molecule has 1 saturated carbocycles. The van der Waals surface area contributed by atoms with Gasteiger partial charge in [0.15, 0.2) is 0 Å². The molecule has 2 atom stereocenters. The topological polar surface area (TPSA) is 21.3 Å². The molecule has 0 amide bonds. The Kier molecular flexibility index (Phi) is 5.32. The second-order valence-electron chi connectivity index (χ2n) is 7.54. The fourth-order valence-corrected chi connectivity index (χ4v) is 3.66. The Morgan fingerprint density at radius 3 is 2.67 bits per heavy atom. The zero-order chi connectivity index (χ0) is 15.5. The van der Waals surface area contributed by atoms with E-state index in [-0.39, 0.29) is 6.10 Å². The first-order valence-corrected chi connectivity index (χ1v) is 8.33. The summed E-state index contributed by atoms with van der Waals surface area (Å²) in [5, 5.41) is 3.38. The summed E-state index contributed by atoms with van der Waals surface area (Å²) in [6.45, 7) is 10.1. The summed E-state index contributed by atoms with van der Waals surface area (Å²) in [5.41, 5.74) is 1.83. The van der Waals surface area contributed by atoms with Gasteiger partial charge in [0.25, 0.3) is 0 Å². The number of ether oxygens (including phenoxy) is 1. The quantitative estimate of drug-likeness (QED) is 0.855. The van der Waals surface area contributed by atoms with Crippen molar-refractivity contribution in [3.8, 4) is 5.75 Å². The summed E-state index contributed by atoms with van der Waals surface area (Å²) in [4.78, 5) is 0. The van der Waals surface area contributed by atoms with Crippen molar-refractivity contribution in [2.75, 3.05) is 13.6 Å². The van der Waals surface area contributed by atoms with E-state index < -0.39 is 0 Å². The van der Waals surface area contributed by atoms with E-state index >= 15 is 0 Å². The molecule has 0 heterocycles. The van der Waals surface area contributed by atoms with E-state index in [1.54, 1.807) is 0 Å². The monoisotopic (exact) mass is 289 g/mol. The molecule has 0 aromatic heterocycles. The van der Waals surface area contributed by atoms with Crippen LogP contribution in [-0.4, -0.2) is 19.7 Å². The largest absolute Gasteiger partial charge is 0.491 e. The Bertz CT molecular complexity index is 453. The van der Waals surface area contributed by atoms with Crippen molar-refractivity contribution in [2.24, 2.45) is 11.3 Å². The molecule has 1 N–H and O–H groups in total. The minimum absolute atomic E-state index is 0.227. The van der Waals surface area contributed by atoms with Crippen molar-refractivity contribution >= 4 is 0 Å². The fraction of sp³-hybridized carbons (Fsp3) is 0.684. The molecular weight excluding hydrogens is 258 g/mol. The highest BCUT2D eigenvalue weighted by atomic mass is 16.5. The minimum atomic E-state index is 0.227. The molecule has 0 saturated heterocycles. The van der Waals surface area contributed by atoms with E-state index in [0.717, 1.165) is 12.3 Å². The number of nitrogens with one attached hydrogen (secondary N) is 1. The van der Waals surface area contributed by atoms with Crippen molar-refractivity contribution < 1.29 is 4.74 Å². The minimum Gasteiger partial charge on any atom is -0.491 e. The number of hydrogen-bond donors (Lipinski definition) is 1. The molecule has 1 aliphatic carbocycles. The summed E-state index contributed by atoms with van der Waals surface area (Å²) in [7, 11) is 2.06. The van der Waals surface area contributed by atoms with Gasteiger partial charge in [-0.15, -0.1) is 0 Å². The van der Waals surface area contributed by atoms with Crippen LogP contribution in [0.4, 0.5) is 0 Å². The van der Waals surface area contributed by atoms with Gasteiger partial charge in [-0.1, -0.05) is 32.0 Å². The highest BCUT2D eigenvalue weighted by Gasteiger charge is 2.36. The molecular formula is C19H31NO. The standard InChI is InChI=1S/C19H31NO/c1-14(2)21-18-9-7-6-8-16(18)17-12-19(3,4)11-10-15(17)13-20-5/h6-9,14-15,17,20H,10-13H2,1-5H3. The molecule has 0 aliphatic heterocycles. The van der Waals surface area contributed by atoms with E-state index in [2.05, 4.69) is 64.3 Å². The van der Waals surface area contributed by atoms with Gasteiger partial charge in [0.1, 0.15) is 5.75 Å². The third-order valence-electron chi connectivity index (χ3n) is 4.68. The number of benzene rings is 1. The van der Waals surface area contributed by atoms with E-state index in [4.69, 9.17) is 4.74 Å². The highest BCUT2D eigenvalue weighted by molar-refractivity contribution is 5.37. The van der Waals surface area contributed by atoms with Gasteiger partial charge in [0.2, 0.25) is 0 Å². The van der Waals surface area contributed by atoms with Crippen molar-refractivity contribution in [2.45, 2.75) is 59.0 Å². The Morgan fingerprint density at radius 2 is 2.00 bits per heavy atom. The lowest BCUT2D eigenvalue weighted by Crippen LogP contribution is -2.34. The van der Waals surface area contributed by atoms with Gasteiger partial charge in [-0.3, -0.25) is 0 Å². The molecule has 1 aromatic carbocycles. The molecule has 0 bridgehead atoms. The average Bonchev–Trinajstić information content (AvgIpc) is 2.41. The van der Waals surface area contributed by atoms with Crippen LogP contribution >= 0.6 is 0 Å². The van der Waals surface area contributed by atoms with E-state index in [1.807, 2.05) is 0 Å². The molecule has 2 heteroatoms. The third-order valence-corrected chi connectivity index (χ3v) is 4.68. The lowest BCUT2D eigenvalue weighted by molar-refractivity contribution is 0.156. The van der Waals surface area contributed by atoms with Crippen LogP contribution in [0.3, 0.4) is 0 Å². The first-order valence-electron chi connectivity index (χ1n) is 8.33. The predicted molar refractivity (Wildman–Crippen MR) is 90.0 cm³/mol. The van der Waals surface area contributed by atoms with Crippen LogP contribution in [0.25, 0.3) is 0 Å². The molecule has 0 radical (unpaired) electrons. The van der Waals surface area contributed by atoms with Gasteiger partial charge in [0.05, 0.1) is 6.10 Å². The molecule has 1 aromatic rings. The van der Waals surface area contributed by atoms with Crippen molar-refractivity contribution in [1.82, 2.24) is 5.32 Å². The second-order valence-corrected chi connectivity index (χ2v) is 7.54. The summed E-state index contributed by atoms with van der Waals surface area (Å²) in [5.74, 6) is 2.38. The van der Waals surface area contributed by atoms with Crippen LogP contribution in [0.2, 0.25) is 0 Å². The molecule has 21 heavy (non-hydrogen) atoms. The molecule has 0 spiro atoms. The Hall–Kier alpha value is -1.02. The maximum atomic E-state index is 6.07. The van der Waals surface area contributed by atoms with Crippen molar-refractivity contribution in [3.63, 3.8) is 0 Å². The lowest BCUT2D eigenvalue weighted by Gasteiger charge is -2.41. The number of rotatable bonds is 5. The molecule has 2 unspecified atom stereocenters.